The van der Waals surface area contributed by atoms with Crippen molar-refractivity contribution >= 4 is 23.0 Å². The number of hydrogen-bond donors (Lipinski definition) is 2. The van der Waals surface area contributed by atoms with Gasteiger partial charge in [0.2, 0.25) is 0 Å². The van der Waals surface area contributed by atoms with Crippen molar-refractivity contribution in [2.45, 2.75) is 0 Å². The molecule has 0 atom stereocenters. The molecule has 2 N–H and O–H groups in total. The third kappa shape index (κ3) is 3.81. The molecule has 0 bridgehead atoms. The Hall–Kier alpha value is -3.80. The van der Waals surface area contributed by atoms with Crippen molar-refractivity contribution in [3.05, 3.63) is 85.2 Å². The van der Waals surface area contributed by atoms with Crippen LogP contribution in [0.5, 0.6) is 0 Å². The van der Waals surface area contributed by atoms with Gasteiger partial charge in [-0.15, -0.1) is 20.5 Å². The maximum absolute atomic E-state index is 4.21. The lowest BCUT2D eigenvalue weighted by Gasteiger charge is -2.02. The summed E-state index contributed by atoms with van der Waals surface area (Å²) in [6.45, 7) is 0. The Morgan fingerprint density at radius 2 is 0.885 bits per heavy atom. The number of aromatic amines is 2. The number of azo groups is 2. The Balaban J connectivity index is 1.45. The van der Waals surface area contributed by atoms with Crippen LogP contribution in [-0.2, 0) is 0 Å². The Bertz CT molecular complexity index is 910. The fourth-order valence-corrected chi connectivity index (χ4v) is 2.43. The molecular weight excluding hydrogens is 324 g/mol. The molecular formula is C20H16N6. The van der Waals surface area contributed by atoms with E-state index in [-0.39, 0.29) is 0 Å². The molecule has 0 aliphatic heterocycles. The van der Waals surface area contributed by atoms with Crippen LogP contribution in [0.4, 0.5) is 23.0 Å². The summed E-state index contributed by atoms with van der Waals surface area (Å²) in [7, 11) is 0. The van der Waals surface area contributed by atoms with E-state index in [9.17, 15) is 0 Å². The second kappa shape index (κ2) is 7.40. The SMILES string of the molecule is c1c[nH]c(N=Nc2ccc(-c3ccc(N=Nc4ccc[nH]4)cc3)cc2)c1. The van der Waals surface area contributed by atoms with Gasteiger partial charge in [0.25, 0.3) is 0 Å². The van der Waals surface area contributed by atoms with E-state index in [1.807, 2.05) is 85.2 Å². The summed E-state index contributed by atoms with van der Waals surface area (Å²) in [5.74, 6) is 1.47. The molecule has 2 aromatic heterocycles. The predicted molar refractivity (Wildman–Crippen MR) is 102 cm³/mol. The fraction of sp³-hybridized carbons (Fsp3) is 0. The highest BCUT2D eigenvalue weighted by atomic mass is 15.1. The maximum Gasteiger partial charge on any atom is 0.152 e. The van der Waals surface area contributed by atoms with E-state index < -0.39 is 0 Å². The molecule has 6 heteroatoms. The third-order valence-electron chi connectivity index (χ3n) is 3.78. The second-order valence-electron chi connectivity index (χ2n) is 5.60. The highest BCUT2D eigenvalue weighted by Gasteiger charge is 1.99. The molecule has 0 amide bonds. The monoisotopic (exact) mass is 340 g/mol. The molecule has 0 fully saturated rings. The van der Waals surface area contributed by atoms with Gasteiger partial charge in [-0.25, -0.2) is 0 Å². The van der Waals surface area contributed by atoms with E-state index in [1.165, 1.54) is 0 Å². The Morgan fingerprint density at radius 1 is 0.462 bits per heavy atom. The molecule has 0 radical (unpaired) electrons. The third-order valence-corrected chi connectivity index (χ3v) is 3.78. The van der Waals surface area contributed by atoms with Crippen molar-refractivity contribution in [1.82, 2.24) is 9.97 Å². The number of benzene rings is 2. The fourth-order valence-electron chi connectivity index (χ4n) is 2.43. The summed E-state index contributed by atoms with van der Waals surface area (Å²) in [4.78, 5) is 5.98. The molecule has 126 valence electrons. The van der Waals surface area contributed by atoms with E-state index in [0.29, 0.717) is 0 Å². The van der Waals surface area contributed by atoms with E-state index >= 15 is 0 Å². The second-order valence-corrected chi connectivity index (χ2v) is 5.60. The van der Waals surface area contributed by atoms with Crippen LogP contribution in [0.1, 0.15) is 0 Å². The summed E-state index contributed by atoms with van der Waals surface area (Å²) in [6.07, 6.45) is 3.64. The van der Waals surface area contributed by atoms with E-state index in [2.05, 4.69) is 30.4 Å². The van der Waals surface area contributed by atoms with Gasteiger partial charge in [-0.05, 0) is 59.7 Å². The normalized spacial score (nSPS) is 11.5. The molecule has 2 aromatic carbocycles. The van der Waals surface area contributed by atoms with E-state index in [4.69, 9.17) is 0 Å². The van der Waals surface area contributed by atoms with Gasteiger partial charge in [-0.2, -0.15) is 0 Å². The molecule has 0 saturated heterocycles. The molecule has 0 spiro atoms. The molecule has 0 aliphatic carbocycles. The average molecular weight is 340 g/mol. The van der Waals surface area contributed by atoms with Gasteiger partial charge < -0.3 is 9.97 Å². The van der Waals surface area contributed by atoms with Crippen LogP contribution in [0.15, 0.2) is 106 Å². The minimum Gasteiger partial charge on any atom is -0.345 e. The smallest absolute Gasteiger partial charge is 0.152 e. The zero-order chi connectivity index (χ0) is 17.6. The van der Waals surface area contributed by atoms with Crippen LogP contribution in [0.25, 0.3) is 11.1 Å². The van der Waals surface area contributed by atoms with E-state index in [0.717, 1.165) is 34.1 Å². The first kappa shape index (κ1) is 15.7. The molecule has 26 heavy (non-hydrogen) atoms. The van der Waals surface area contributed by atoms with Crippen LogP contribution in [0.3, 0.4) is 0 Å². The summed E-state index contributed by atoms with van der Waals surface area (Å²) in [6, 6.07) is 23.4. The standard InChI is InChI=1S/C20H16N6/c1-3-19(21-13-1)25-23-17-9-5-15(6-10-17)16-7-11-18(12-8-16)24-26-20-4-2-14-22-20/h1-14,21-22H. The van der Waals surface area contributed by atoms with Crippen LogP contribution in [0, 0.1) is 0 Å². The minimum atomic E-state index is 0.734. The van der Waals surface area contributed by atoms with Crippen molar-refractivity contribution in [1.29, 1.82) is 0 Å². The zero-order valence-electron chi connectivity index (χ0n) is 13.9. The van der Waals surface area contributed by atoms with E-state index in [1.54, 1.807) is 0 Å². The van der Waals surface area contributed by atoms with Gasteiger partial charge in [-0.3, -0.25) is 0 Å². The van der Waals surface area contributed by atoms with Crippen molar-refractivity contribution in [3.63, 3.8) is 0 Å². The average Bonchev–Trinajstić information content (AvgIpc) is 3.40. The number of hydrogen-bond acceptors (Lipinski definition) is 4. The Labute approximate surface area is 150 Å². The maximum atomic E-state index is 4.21. The molecule has 0 unspecified atom stereocenters. The lowest BCUT2D eigenvalue weighted by atomic mass is 10.1. The van der Waals surface area contributed by atoms with Crippen molar-refractivity contribution in [2.75, 3.05) is 0 Å². The number of nitrogens with zero attached hydrogens (tertiary/aromatic N) is 4. The molecule has 6 nitrogen and oxygen atoms in total. The molecule has 0 saturated carbocycles. The van der Waals surface area contributed by atoms with Crippen LogP contribution >= 0.6 is 0 Å². The molecule has 0 aliphatic rings. The summed E-state index contributed by atoms with van der Waals surface area (Å²) in [5, 5.41) is 16.7. The quantitative estimate of drug-likeness (QED) is 0.373. The van der Waals surface area contributed by atoms with Gasteiger partial charge in [0.05, 0.1) is 11.4 Å². The highest BCUT2D eigenvalue weighted by molar-refractivity contribution is 5.67. The van der Waals surface area contributed by atoms with Gasteiger partial charge >= 0.3 is 0 Å². The number of nitrogens with one attached hydrogen (secondary N) is 2. The Kier molecular flexibility index (Phi) is 4.47. The molecule has 4 aromatic rings. The minimum absolute atomic E-state index is 0.734. The molecule has 4 rings (SSSR count). The summed E-state index contributed by atoms with van der Waals surface area (Å²) >= 11 is 0. The number of aromatic nitrogens is 2. The first-order chi connectivity index (χ1) is 12.9. The lowest BCUT2D eigenvalue weighted by molar-refractivity contribution is 1.18. The first-order valence-electron chi connectivity index (χ1n) is 8.18. The topological polar surface area (TPSA) is 81.0 Å². The summed E-state index contributed by atoms with van der Waals surface area (Å²) in [5.41, 5.74) is 3.83. The van der Waals surface area contributed by atoms with Crippen molar-refractivity contribution in [3.8, 4) is 11.1 Å². The highest BCUT2D eigenvalue weighted by Crippen LogP contribution is 2.26. The van der Waals surface area contributed by atoms with Gasteiger partial charge in [0, 0.05) is 12.4 Å². The number of H-pyrrole nitrogens is 2. The first-order valence-corrected chi connectivity index (χ1v) is 8.18. The lowest BCUT2D eigenvalue weighted by Crippen LogP contribution is -1.76. The van der Waals surface area contributed by atoms with Crippen LogP contribution in [-0.4, -0.2) is 9.97 Å². The summed E-state index contributed by atoms with van der Waals surface area (Å²) < 4.78 is 0. The van der Waals surface area contributed by atoms with Gasteiger partial charge in [0.15, 0.2) is 11.6 Å². The predicted octanol–water partition coefficient (Wildman–Crippen LogP) is 6.84. The van der Waals surface area contributed by atoms with Crippen molar-refractivity contribution < 1.29 is 0 Å². The Morgan fingerprint density at radius 3 is 1.23 bits per heavy atom. The number of rotatable bonds is 5. The van der Waals surface area contributed by atoms with Crippen molar-refractivity contribution in [2.24, 2.45) is 20.5 Å². The van der Waals surface area contributed by atoms with Gasteiger partial charge in [0.1, 0.15) is 0 Å². The zero-order valence-corrected chi connectivity index (χ0v) is 13.9. The largest absolute Gasteiger partial charge is 0.345 e. The van der Waals surface area contributed by atoms with Gasteiger partial charge in [-0.1, -0.05) is 24.3 Å². The van der Waals surface area contributed by atoms with Crippen LogP contribution in [0.2, 0.25) is 0 Å². The van der Waals surface area contributed by atoms with Crippen LogP contribution < -0.4 is 0 Å². The molecule has 2 heterocycles.